The van der Waals surface area contributed by atoms with Gasteiger partial charge in [0.2, 0.25) is 0 Å². The fraction of sp³-hybridized carbons (Fsp3) is 0.667. The van der Waals surface area contributed by atoms with Crippen LogP contribution in [0.15, 0.2) is 12.7 Å². The number of hydrogen-bond acceptors (Lipinski definition) is 3. The van der Waals surface area contributed by atoms with Crippen LogP contribution in [-0.2, 0) is 9.62 Å². The van der Waals surface area contributed by atoms with Gasteiger partial charge in [0.15, 0.2) is 0 Å². The molecule has 0 radical (unpaired) electrons. The minimum Gasteiger partial charge on any atom is -0.372 e. The molecular weight excluding hydrogens is 120 g/mol. The average molecular weight is 132 g/mol. The van der Waals surface area contributed by atoms with Gasteiger partial charge in [0.05, 0.1) is 12.7 Å². The van der Waals surface area contributed by atoms with Gasteiger partial charge in [-0.05, 0) is 6.92 Å². The van der Waals surface area contributed by atoms with Crippen molar-refractivity contribution < 1.29 is 14.9 Å². The van der Waals surface area contributed by atoms with Crippen molar-refractivity contribution in [1.82, 2.24) is 0 Å². The Labute approximate surface area is 54.8 Å². The highest BCUT2D eigenvalue weighted by atomic mass is 17.1. The summed E-state index contributed by atoms with van der Waals surface area (Å²) in [5.41, 5.74) is 0. The molecule has 0 aliphatic carbocycles. The van der Waals surface area contributed by atoms with Crippen LogP contribution in [0.4, 0.5) is 0 Å². The van der Waals surface area contributed by atoms with Gasteiger partial charge in [-0.15, -0.1) is 6.58 Å². The van der Waals surface area contributed by atoms with Gasteiger partial charge in [-0.3, -0.25) is 5.26 Å². The van der Waals surface area contributed by atoms with Crippen molar-refractivity contribution in [3.8, 4) is 0 Å². The van der Waals surface area contributed by atoms with Crippen LogP contribution in [-0.4, -0.2) is 24.6 Å². The summed E-state index contributed by atoms with van der Waals surface area (Å²) in [5.74, 6) is 0. The van der Waals surface area contributed by atoms with E-state index < -0.39 is 0 Å². The summed E-state index contributed by atoms with van der Waals surface area (Å²) in [4.78, 5) is 3.84. The third-order valence-corrected chi connectivity index (χ3v) is 0.808. The predicted octanol–water partition coefficient (Wildman–Crippen LogP) is 1.07. The van der Waals surface area contributed by atoms with E-state index in [-0.39, 0.29) is 12.7 Å². The zero-order valence-electron chi connectivity index (χ0n) is 5.54. The zero-order chi connectivity index (χ0) is 7.11. The van der Waals surface area contributed by atoms with Crippen molar-refractivity contribution in [2.75, 3.05) is 13.2 Å². The second-order valence-corrected chi connectivity index (χ2v) is 1.73. The lowest BCUT2D eigenvalue weighted by Gasteiger charge is -2.07. The van der Waals surface area contributed by atoms with E-state index in [1.54, 1.807) is 13.0 Å². The SMILES string of the molecule is C=CCOC(C)COO. The predicted molar refractivity (Wildman–Crippen MR) is 34.2 cm³/mol. The molecule has 0 bridgehead atoms. The Bertz CT molecular complexity index is 72.7. The summed E-state index contributed by atoms with van der Waals surface area (Å²) in [5, 5.41) is 7.93. The maximum atomic E-state index is 7.93. The fourth-order valence-electron chi connectivity index (χ4n) is 0.385. The van der Waals surface area contributed by atoms with Crippen molar-refractivity contribution >= 4 is 0 Å². The van der Waals surface area contributed by atoms with E-state index in [0.29, 0.717) is 6.61 Å². The Balaban J connectivity index is 3.04. The molecule has 54 valence electrons. The first-order valence-electron chi connectivity index (χ1n) is 2.80. The Morgan fingerprint density at radius 1 is 1.78 bits per heavy atom. The first-order valence-corrected chi connectivity index (χ1v) is 2.80. The van der Waals surface area contributed by atoms with Gasteiger partial charge in [0.1, 0.15) is 6.61 Å². The molecule has 1 N–H and O–H groups in total. The maximum absolute atomic E-state index is 7.93. The first-order chi connectivity index (χ1) is 4.31. The minimum absolute atomic E-state index is 0.0759. The van der Waals surface area contributed by atoms with E-state index in [0.717, 1.165) is 0 Å². The van der Waals surface area contributed by atoms with Crippen LogP contribution in [0.25, 0.3) is 0 Å². The molecule has 0 aromatic rings. The van der Waals surface area contributed by atoms with Gasteiger partial charge >= 0.3 is 0 Å². The first kappa shape index (κ1) is 8.62. The zero-order valence-corrected chi connectivity index (χ0v) is 5.54. The molecule has 0 rings (SSSR count). The van der Waals surface area contributed by atoms with E-state index in [9.17, 15) is 0 Å². The van der Waals surface area contributed by atoms with E-state index in [4.69, 9.17) is 9.99 Å². The molecule has 0 spiro atoms. The van der Waals surface area contributed by atoms with Crippen LogP contribution in [0.2, 0.25) is 0 Å². The quantitative estimate of drug-likeness (QED) is 0.345. The van der Waals surface area contributed by atoms with Crippen LogP contribution in [0.5, 0.6) is 0 Å². The Hall–Kier alpha value is -0.380. The highest BCUT2D eigenvalue weighted by molar-refractivity contribution is 4.64. The van der Waals surface area contributed by atoms with E-state index in [2.05, 4.69) is 11.5 Å². The molecule has 3 heteroatoms. The van der Waals surface area contributed by atoms with Gasteiger partial charge < -0.3 is 4.74 Å². The van der Waals surface area contributed by atoms with Gasteiger partial charge in [-0.25, -0.2) is 4.89 Å². The second kappa shape index (κ2) is 5.75. The second-order valence-electron chi connectivity index (χ2n) is 1.73. The molecule has 0 fully saturated rings. The van der Waals surface area contributed by atoms with Crippen LogP contribution >= 0.6 is 0 Å². The summed E-state index contributed by atoms with van der Waals surface area (Å²) in [6, 6.07) is 0. The molecule has 1 unspecified atom stereocenters. The topological polar surface area (TPSA) is 38.7 Å². The van der Waals surface area contributed by atoms with Crippen LogP contribution in [0.3, 0.4) is 0 Å². The minimum atomic E-state index is -0.0759. The summed E-state index contributed by atoms with van der Waals surface area (Å²) in [6.07, 6.45) is 1.57. The van der Waals surface area contributed by atoms with Crippen LogP contribution in [0.1, 0.15) is 6.92 Å². The molecule has 0 aliphatic heterocycles. The standard InChI is InChI=1S/C6H12O3/c1-3-4-8-6(2)5-9-7/h3,6-7H,1,4-5H2,2H3. The van der Waals surface area contributed by atoms with Gasteiger partial charge in [0.25, 0.3) is 0 Å². The monoisotopic (exact) mass is 132 g/mol. The van der Waals surface area contributed by atoms with E-state index in [1.807, 2.05) is 0 Å². The van der Waals surface area contributed by atoms with Gasteiger partial charge in [-0.2, -0.15) is 0 Å². The molecule has 0 aromatic heterocycles. The maximum Gasteiger partial charge on any atom is 0.108 e. The lowest BCUT2D eigenvalue weighted by Crippen LogP contribution is -2.14. The van der Waals surface area contributed by atoms with Crippen molar-refractivity contribution in [2.24, 2.45) is 0 Å². The largest absolute Gasteiger partial charge is 0.372 e. The lowest BCUT2D eigenvalue weighted by molar-refractivity contribution is -0.258. The average Bonchev–Trinajstić information content (AvgIpc) is 1.85. The molecule has 0 amide bonds. The van der Waals surface area contributed by atoms with E-state index >= 15 is 0 Å². The summed E-state index contributed by atoms with van der Waals surface area (Å²) in [7, 11) is 0. The fourth-order valence-corrected chi connectivity index (χ4v) is 0.385. The summed E-state index contributed by atoms with van der Waals surface area (Å²) < 4.78 is 5.03. The third kappa shape index (κ3) is 5.49. The Morgan fingerprint density at radius 3 is 2.89 bits per heavy atom. The third-order valence-electron chi connectivity index (χ3n) is 0.808. The molecule has 3 nitrogen and oxygen atoms in total. The van der Waals surface area contributed by atoms with Gasteiger partial charge in [-0.1, -0.05) is 6.08 Å². The molecule has 9 heavy (non-hydrogen) atoms. The van der Waals surface area contributed by atoms with Crippen LogP contribution in [0, 0.1) is 0 Å². The smallest absolute Gasteiger partial charge is 0.108 e. The van der Waals surface area contributed by atoms with Crippen molar-refractivity contribution in [1.29, 1.82) is 0 Å². The molecule has 1 atom stereocenters. The number of rotatable bonds is 5. The molecule has 0 saturated heterocycles. The molecule has 0 aliphatic rings. The lowest BCUT2D eigenvalue weighted by atomic mass is 10.4. The Morgan fingerprint density at radius 2 is 2.44 bits per heavy atom. The summed E-state index contributed by atoms with van der Waals surface area (Å²) >= 11 is 0. The van der Waals surface area contributed by atoms with Crippen molar-refractivity contribution in [3.05, 3.63) is 12.7 Å². The normalized spacial score (nSPS) is 13.1. The molecule has 0 heterocycles. The van der Waals surface area contributed by atoms with Crippen molar-refractivity contribution in [2.45, 2.75) is 13.0 Å². The number of ether oxygens (including phenoxy) is 1. The highest BCUT2D eigenvalue weighted by Crippen LogP contribution is 1.89. The molecule has 0 saturated carbocycles. The van der Waals surface area contributed by atoms with Gasteiger partial charge in [0, 0.05) is 0 Å². The van der Waals surface area contributed by atoms with Crippen LogP contribution < -0.4 is 0 Å². The van der Waals surface area contributed by atoms with E-state index in [1.165, 1.54) is 0 Å². The Kier molecular flexibility index (Phi) is 5.51. The molecule has 0 aromatic carbocycles. The molecular formula is C6H12O3. The summed E-state index contributed by atoms with van der Waals surface area (Å²) in [6.45, 7) is 5.96. The number of hydrogen-bond donors (Lipinski definition) is 1. The highest BCUT2D eigenvalue weighted by Gasteiger charge is 1.98. The van der Waals surface area contributed by atoms with Crippen molar-refractivity contribution in [3.63, 3.8) is 0 Å².